The largest absolute Gasteiger partial charge is 0.465 e. The number of nitrogens with zero attached hydrogens (tertiary/aromatic N) is 1. The molecule has 1 aliphatic rings. The smallest absolute Gasteiger partial charge is 0.416 e. The van der Waals surface area contributed by atoms with Crippen molar-refractivity contribution in [3.63, 3.8) is 0 Å². The molecule has 0 bridgehead atoms. The molecule has 3 nitrogen and oxygen atoms in total. The van der Waals surface area contributed by atoms with Gasteiger partial charge in [0.05, 0.1) is 23.8 Å². The maximum Gasteiger partial charge on any atom is 0.416 e. The van der Waals surface area contributed by atoms with E-state index in [1.165, 1.54) is 0 Å². The van der Waals surface area contributed by atoms with Gasteiger partial charge in [0.15, 0.2) is 0 Å². The second-order valence-corrected chi connectivity index (χ2v) is 4.39. The fourth-order valence-electron chi connectivity index (χ4n) is 1.95. The Kier molecular flexibility index (Phi) is 3.01. The summed E-state index contributed by atoms with van der Waals surface area (Å²) < 4.78 is 42.7. The first-order valence-corrected chi connectivity index (χ1v) is 5.53. The number of hydrogen-bond acceptors (Lipinski definition) is 2. The molecule has 6 heteroatoms. The SMILES string of the molecule is [C-]#[N+]C1(c2cc(C(F)(F)F)ccc2C(=O)OC)CC1. The van der Waals surface area contributed by atoms with Crippen molar-refractivity contribution < 1.29 is 22.7 Å². The third-order valence-electron chi connectivity index (χ3n) is 3.19. The van der Waals surface area contributed by atoms with Crippen LogP contribution in [0, 0.1) is 6.57 Å². The Hall–Kier alpha value is -2.03. The summed E-state index contributed by atoms with van der Waals surface area (Å²) in [7, 11) is 1.15. The number of benzene rings is 1. The number of rotatable bonds is 2. The minimum atomic E-state index is -4.50. The molecule has 1 aromatic carbocycles. The first-order chi connectivity index (χ1) is 8.84. The molecule has 0 heterocycles. The predicted octanol–water partition coefficient (Wildman–Crippen LogP) is 3.40. The first-order valence-electron chi connectivity index (χ1n) is 5.53. The fraction of sp³-hybridized carbons (Fsp3) is 0.385. The average molecular weight is 269 g/mol. The molecule has 100 valence electrons. The maximum absolute atomic E-state index is 12.7. The summed E-state index contributed by atoms with van der Waals surface area (Å²) in [5, 5.41) is 0. The van der Waals surface area contributed by atoms with Gasteiger partial charge in [-0.1, -0.05) is 0 Å². The van der Waals surface area contributed by atoms with Crippen molar-refractivity contribution in [2.75, 3.05) is 7.11 Å². The number of ether oxygens (including phenoxy) is 1. The molecule has 0 atom stereocenters. The quantitative estimate of drug-likeness (QED) is 0.608. The van der Waals surface area contributed by atoms with Gasteiger partial charge >= 0.3 is 12.1 Å². The van der Waals surface area contributed by atoms with Crippen LogP contribution in [0.3, 0.4) is 0 Å². The molecular weight excluding hydrogens is 259 g/mol. The molecule has 1 fully saturated rings. The molecule has 19 heavy (non-hydrogen) atoms. The number of methoxy groups -OCH3 is 1. The molecule has 1 aliphatic carbocycles. The molecule has 1 saturated carbocycles. The van der Waals surface area contributed by atoms with E-state index in [0.717, 1.165) is 25.3 Å². The van der Waals surface area contributed by atoms with Crippen LogP contribution in [0.1, 0.15) is 34.3 Å². The van der Waals surface area contributed by atoms with Gasteiger partial charge in [-0.05, 0) is 18.2 Å². The van der Waals surface area contributed by atoms with Crippen molar-refractivity contribution in [2.45, 2.75) is 24.6 Å². The summed E-state index contributed by atoms with van der Waals surface area (Å²) in [6, 6.07) is 2.79. The Morgan fingerprint density at radius 1 is 1.42 bits per heavy atom. The molecule has 2 rings (SSSR count). The number of alkyl halides is 3. The molecular formula is C13H10F3NO2. The van der Waals surface area contributed by atoms with Crippen LogP contribution in [-0.4, -0.2) is 13.1 Å². The van der Waals surface area contributed by atoms with Crippen LogP contribution in [0.15, 0.2) is 18.2 Å². The topological polar surface area (TPSA) is 30.7 Å². The van der Waals surface area contributed by atoms with E-state index < -0.39 is 23.2 Å². The van der Waals surface area contributed by atoms with Crippen LogP contribution in [0.25, 0.3) is 4.85 Å². The van der Waals surface area contributed by atoms with E-state index in [-0.39, 0.29) is 11.1 Å². The summed E-state index contributed by atoms with van der Waals surface area (Å²) in [5.74, 6) is -0.723. The third kappa shape index (κ3) is 2.28. The highest BCUT2D eigenvalue weighted by molar-refractivity contribution is 5.92. The molecule has 0 saturated heterocycles. The number of carbonyl (C=O) groups is 1. The van der Waals surface area contributed by atoms with E-state index in [1.54, 1.807) is 0 Å². The maximum atomic E-state index is 12.7. The highest BCUT2D eigenvalue weighted by Gasteiger charge is 2.55. The monoisotopic (exact) mass is 269 g/mol. The lowest BCUT2D eigenvalue weighted by Gasteiger charge is -2.13. The molecule has 0 unspecified atom stereocenters. The lowest BCUT2D eigenvalue weighted by molar-refractivity contribution is -0.137. The fourth-order valence-corrected chi connectivity index (χ4v) is 1.95. The van der Waals surface area contributed by atoms with Gasteiger partial charge in [0.25, 0.3) is 5.54 Å². The Bertz CT molecular complexity index is 568. The van der Waals surface area contributed by atoms with Gasteiger partial charge < -0.3 is 9.58 Å². The normalized spacial score (nSPS) is 16.6. The minimum absolute atomic E-state index is 0.0315. The zero-order chi connectivity index (χ0) is 14.3. The van der Waals surface area contributed by atoms with Gasteiger partial charge in [-0.3, -0.25) is 0 Å². The van der Waals surface area contributed by atoms with Gasteiger partial charge in [0.2, 0.25) is 0 Å². The number of carbonyl (C=O) groups excluding carboxylic acids is 1. The third-order valence-corrected chi connectivity index (χ3v) is 3.19. The number of esters is 1. The van der Waals surface area contributed by atoms with Crippen molar-refractivity contribution in [1.29, 1.82) is 0 Å². The van der Waals surface area contributed by atoms with Gasteiger partial charge in [0, 0.05) is 12.8 Å². The minimum Gasteiger partial charge on any atom is -0.465 e. The van der Waals surface area contributed by atoms with Gasteiger partial charge in [-0.2, -0.15) is 13.2 Å². The molecule has 1 aromatic rings. The average Bonchev–Trinajstić information content (AvgIpc) is 3.17. The van der Waals surface area contributed by atoms with E-state index in [4.69, 9.17) is 6.57 Å². The standard InChI is InChI=1S/C13H10F3NO2/c1-17-12(5-6-12)10-7-8(13(14,15)16)3-4-9(10)11(18)19-2/h3-4,7H,5-6H2,2H3. The molecule has 0 spiro atoms. The van der Waals surface area contributed by atoms with Crippen LogP contribution in [0.5, 0.6) is 0 Å². The highest BCUT2D eigenvalue weighted by Crippen LogP contribution is 2.51. The van der Waals surface area contributed by atoms with Gasteiger partial charge in [0.1, 0.15) is 0 Å². The molecule has 0 radical (unpaired) electrons. The Balaban J connectivity index is 2.59. The van der Waals surface area contributed by atoms with E-state index >= 15 is 0 Å². The second-order valence-electron chi connectivity index (χ2n) is 4.39. The Labute approximate surface area is 107 Å². The van der Waals surface area contributed by atoms with Crippen LogP contribution in [0.4, 0.5) is 13.2 Å². The zero-order valence-electron chi connectivity index (χ0n) is 10.0. The zero-order valence-corrected chi connectivity index (χ0v) is 10.0. The van der Waals surface area contributed by atoms with Gasteiger partial charge in [-0.15, -0.1) is 0 Å². The van der Waals surface area contributed by atoms with E-state index in [0.29, 0.717) is 12.8 Å². The Morgan fingerprint density at radius 2 is 2.05 bits per heavy atom. The van der Waals surface area contributed by atoms with Gasteiger partial charge in [-0.25, -0.2) is 11.4 Å². The van der Waals surface area contributed by atoms with Crippen LogP contribution >= 0.6 is 0 Å². The molecule has 0 aromatic heterocycles. The molecule has 0 aliphatic heterocycles. The van der Waals surface area contributed by atoms with E-state index in [9.17, 15) is 18.0 Å². The van der Waals surface area contributed by atoms with Crippen LogP contribution in [0.2, 0.25) is 0 Å². The van der Waals surface area contributed by atoms with Crippen molar-refractivity contribution in [3.8, 4) is 0 Å². The molecule has 0 N–H and O–H groups in total. The van der Waals surface area contributed by atoms with E-state index in [1.807, 2.05) is 0 Å². The first kappa shape index (κ1) is 13.4. The second kappa shape index (κ2) is 4.26. The number of halogens is 3. The Morgan fingerprint density at radius 3 is 2.47 bits per heavy atom. The summed E-state index contributed by atoms with van der Waals surface area (Å²) >= 11 is 0. The predicted molar refractivity (Wildman–Crippen MR) is 60.3 cm³/mol. The van der Waals surface area contributed by atoms with Crippen molar-refractivity contribution >= 4 is 5.97 Å². The van der Waals surface area contributed by atoms with Crippen LogP contribution < -0.4 is 0 Å². The lowest BCUT2D eigenvalue weighted by Crippen LogP contribution is -2.14. The van der Waals surface area contributed by atoms with Crippen molar-refractivity contribution in [1.82, 2.24) is 0 Å². The van der Waals surface area contributed by atoms with Crippen LogP contribution in [-0.2, 0) is 16.5 Å². The van der Waals surface area contributed by atoms with Crippen molar-refractivity contribution in [2.24, 2.45) is 0 Å². The molecule has 0 amide bonds. The summed E-state index contributed by atoms with van der Waals surface area (Å²) in [6.07, 6.45) is -3.58. The highest BCUT2D eigenvalue weighted by atomic mass is 19.4. The summed E-state index contributed by atoms with van der Waals surface area (Å²) in [4.78, 5) is 15.0. The van der Waals surface area contributed by atoms with Crippen molar-refractivity contribution in [3.05, 3.63) is 46.3 Å². The lowest BCUT2D eigenvalue weighted by atomic mass is 9.96. The number of hydrogen-bond donors (Lipinski definition) is 0. The van der Waals surface area contributed by atoms with E-state index in [2.05, 4.69) is 9.58 Å². The summed E-state index contributed by atoms with van der Waals surface area (Å²) in [5.41, 5.74) is -1.71. The summed E-state index contributed by atoms with van der Waals surface area (Å²) in [6.45, 7) is 7.12.